The van der Waals surface area contributed by atoms with Gasteiger partial charge in [0.2, 0.25) is 0 Å². The van der Waals surface area contributed by atoms with Crippen molar-refractivity contribution in [3.63, 3.8) is 0 Å². The summed E-state index contributed by atoms with van der Waals surface area (Å²) in [4.78, 5) is 0. The molecule has 0 spiro atoms. The van der Waals surface area contributed by atoms with E-state index in [1.54, 1.807) is 0 Å². The molecule has 0 bridgehead atoms. The van der Waals surface area contributed by atoms with Gasteiger partial charge in [-0.2, -0.15) is 0 Å². The minimum atomic E-state index is -4.54. The van der Waals surface area contributed by atoms with Crippen LogP contribution >= 0.6 is 0 Å². The molecule has 5 rings (SSSR count). The van der Waals surface area contributed by atoms with Crippen LogP contribution in [-0.2, 0) is 4.43 Å². The fourth-order valence-corrected chi connectivity index (χ4v) is 21.5. The van der Waals surface area contributed by atoms with E-state index in [-0.39, 0.29) is 18.1 Å². The van der Waals surface area contributed by atoms with Gasteiger partial charge in [-0.05, 0) is 0 Å². The zero-order chi connectivity index (χ0) is 32.0. The molecular weight excluding hydrogens is 642 g/mol. The number of hydrogen-bond acceptors (Lipinski definition) is 1. The van der Waals surface area contributed by atoms with Crippen molar-refractivity contribution in [2.24, 2.45) is 0 Å². The van der Waals surface area contributed by atoms with Crippen molar-refractivity contribution < 1.29 is 17.6 Å². The molecule has 0 fully saturated rings. The van der Waals surface area contributed by atoms with Gasteiger partial charge in [-0.3, -0.25) is 0 Å². The first-order chi connectivity index (χ1) is 21.6. The summed E-state index contributed by atoms with van der Waals surface area (Å²) in [5.41, 5.74) is 0. The van der Waals surface area contributed by atoms with E-state index < -0.39 is 32.2 Å². The molecule has 5 aromatic carbocycles. The average Bonchev–Trinajstić information content (AvgIpc) is 3.05. The summed E-state index contributed by atoms with van der Waals surface area (Å²) in [6.07, 6.45) is -2.96. The van der Waals surface area contributed by atoms with Gasteiger partial charge >= 0.3 is 270 Å². The van der Waals surface area contributed by atoms with Crippen molar-refractivity contribution in [1.29, 1.82) is 0 Å². The van der Waals surface area contributed by atoms with E-state index in [0.717, 1.165) is 23.6 Å². The Bertz CT molecular complexity index is 1530. The van der Waals surface area contributed by atoms with E-state index in [4.69, 9.17) is 4.43 Å². The fraction of sp³-hybridized carbons (Fsp3) is 0.179. The Balaban J connectivity index is 1.65. The predicted molar refractivity (Wildman–Crippen MR) is 186 cm³/mol. The fourth-order valence-electron chi connectivity index (χ4n) is 6.69. The second-order valence-corrected chi connectivity index (χ2v) is 24.5. The third kappa shape index (κ3) is 6.53. The number of halogens is 3. The standard InChI is InChI=1S/C39H39F3GeOSi/c1-38(2,3)45(35-26-15-7-16-27-35,36-28-17-8-18-29-36)44-31-19-30-37(39(40,41)42)43(32-20-9-4-10-21-32,33-22-11-5-12-23-33)34-24-13-6-14-25-34/h4-18,20-30H,19,31H2,1-3H3/b37-30-. The van der Waals surface area contributed by atoms with E-state index in [1.807, 2.05) is 127 Å². The first-order valence-corrected chi connectivity index (χ1v) is 21.4. The molecule has 0 radical (unpaired) electrons. The Morgan fingerprint density at radius 1 is 0.578 bits per heavy atom. The summed E-state index contributed by atoms with van der Waals surface area (Å²) in [6, 6.07) is 48.3. The zero-order valence-electron chi connectivity index (χ0n) is 26.0. The molecule has 6 heteroatoms. The Morgan fingerprint density at radius 3 is 1.22 bits per heavy atom. The monoisotopic (exact) mass is 682 g/mol. The summed E-state index contributed by atoms with van der Waals surface area (Å²) in [6.45, 7) is 6.70. The second-order valence-electron chi connectivity index (χ2n) is 12.3. The molecule has 45 heavy (non-hydrogen) atoms. The topological polar surface area (TPSA) is 9.23 Å². The minimum absolute atomic E-state index is 0.138. The average molecular weight is 681 g/mol. The van der Waals surface area contributed by atoms with Crippen LogP contribution in [0.1, 0.15) is 27.2 Å². The molecule has 230 valence electrons. The number of hydrogen-bond donors (Lipinski definition) is 0. The molecule has 5 aromatic rings. The van der Waals surface area contributed by atoms with Crippen LogP contribution in [0.2, 0.25) is 5.04 Å². The normalized spacial score (nSPS) is 13.1. The van der Waals surface area contributed by atoms with Crippen LogP contribution in [0.25, 0.3) is 0 Å². The van der Waals surface area contributed by atoms with Gasteiger partial charge in [-0.15, -0.1) is 0 Å². The number of rotatable bonds is 10. The molecule has 0 heterocycles. The van der Waals surface area contributed by atoms with E-state index in [2.05, 4.69) is 45.0 Å². The maximum absolute atomic E-state index is 15.6. The van der Waals surface area contributed by atoms with E-state index in [1.165, 1.54) is 6.08 Å². The molecule has 0 aromatic heterocycles. The molecule has 0 N–H and O–H groups in total. The Hall–Kier alpha value is -3.65. The number of alkyl halides is 3. The van der Waals surface area contributed by atoms with E-state index >= 15 is 13.2 Å². The molecule has 0 atom stereocenters. The Labute approximate surface area is 268 Å². The molecule has 0 unspecified atom stereocenters. The van der Waals surface area contributed by atoms with Crippen LogP contribution in [0.3, 0.4) is 0 Å². The predicted octanol–water partition coefficient (Wildman–Crippen LogP) is 7.15. The Kier molecular flexibility index (Phi) is 10.0. The molecule has 0 amide bonds. The van der Waals surface area contributed by atoms with Crippen molar-refractivity contribution >= 4 is 45.1 Å². The van der Waals surface area contributed by atoms with Gasteiger partial charge in [-0.25, -0.2) is 0 Å². The Morgan fingerprint density at radius 2 is 0.911 bits per heavy atom. The SMILES string of the molecule is CC(C)(C)[Si](OCC/C=[C](/C(F)(F)F)[Ge]([c]1ccccc1)([c]1ccccc1)[c]1ccccc1)(c1ccccc1)c1ccccc1. The van der Waals surface area contributed by atoms with Crippen molar-refractivity contribution in [2.75, 3.05) is 6.61 Å². The molecule has 0 saturated heterocycles. The van der Waals surface area contributed by atoms with Crippen molar-refractivity contribution in [2.45, 2.75) is 38.4 Å². The summed E-state index contributed by atoms with van der Waals surface area (Å²) < 4.78 is 55.6. The maximum atomic E-state index is 15.6. The molecule has 1 nitrogen and oxygen atoms in total. The van der Waals surface area contributed by atoms with Crippen LogP contribution in [0, 0.1) is 0 Å². The van der Waals surface area contributed by atoms with Crippen LogP contribution < -0.4 is 23.6 Å². The van der Waals surface area contributed by atoms with Gasteiger partial charge in [0.15, 0.2) is 0 Å². The molecular formula is C39H39F3GeOSi. The zero-order valence-corrected chi connectivity index (χ0v) is 29.1. The summed E-state index contributed by atoms with van der Waals surface area (Å²) in [5.74, 6) is 0. The van der Waals surface area contributed by atoms with Gasteiger partial charge < -0.3 is 0 Å². The van der Waals surface area contributed by atoms with Crippen LogP contribution in [0.15, 0.2) is 162 Å². The summed E-state index contributed by atoms with van der Waals surface area (Å²) >= 11 is -4.52. The van der Waals surface area contributed by atoms with Gasteiger partial charge in [0.25, 0.3) is 0 Å². The second kappa shape index (κ2) is 13.8. The first-order valence-electron chi connectivity index (χ1n) is 15.3. The van der Waals surface area contributed by atoms with Crippen molar-refractivity contribution in [3.05, 3.63) is 162 Å². The van der Waals surface area contributed by atoms with Crippen molar-refractivity contribution in [1.82, 2.24) is 0 Å². The van der Waals surface area contributed by atoms with Gasteiger partial charge in [0, 0.05) is 0 Å². The third-order valence-electron chi connectivity index (χ3n) is 8.53. The van der Waals surface area contributed by atoms with Gasteiger partial charge in [0.1, 0.15) is 0 Å². The third-order valence-corrected chi connectivity index (χ3v) is 23.8. The van der Waals surface area contributed by atoms with Gasteiger partial charge in [0.05, 0.1) is 0 Å². The summed E-state index contributed by atoms with van der Waals surface area (Å²) in [7, 11) is -2.90. The number of allylic oxidation sites excluding steroid dienone is 1. The molecule has 0 aliphatic rings. The van der Waals surface area contributed by atoms with E-state index in [9.17, 15) is 0 Å². The van der Waals surface area contributed by atoms with Crippen LogP contribution in [-0.4, -0.2) is 34.4 Å². The first kappa shape index (κ1) is 32.7. The molecule has 0 aliphatic carbocycles. The quantitative estimate of drug-likeness (QED) is 0.113. The molecule has 0 saturated carbocycles. The van der Waals surface area contributed by atoms with Crippen molar-refractivity contribution in [3.8, 4) is 0 Å². The summed E-state index contributed by atoms with van der Waals surface area (Å²) in [5, 5.41) is 1.94. The van der Waals surface area contributed by atoms with Crippen LogP contribution in [0.4, 0.5) is 13.2 Å². The van der Waals surface area contributed by atoms with E-state index in [0.29, 0.717) is 0 Å². The van der Waals surface area contributed by atoms with Crippen LogP contribution in [0.5, 0.6) is 0 Å². The molecule has 0 aliphatic heterocycles. The number of benzene rings is 5. The van der Waals surface area contributed by atoms with Gasteiger partial charge in [-0.1, -0.05) is 0 Å².